The second-order valence-corrected chi connectivity index (χ2v) is 6.65. The third-order valence-corrected chi connectivity index (χ3v) is 4.25. The van der Waals surface area contributed by atoms with Crippen molar-refractivity contribution in [2.45, 2.75) is 39.8 Å². The van der Waals surface area contributed by atoms with Crippen LogP contribution in [0.5, 0.6) is 11.5 Å². The van der Waals surface area contributed by atoms with Gasteiger partial charge in [0.25, 0.3) is 0 Å². The highest BCUT2D eigenvalue weighted by Gasteiger charge is 2.13. The van der Waals surface area contributed by atoms with E-state index < -0.39 is 0 Å². The van der Waals surface area contributed by atoms with Gasteiger partial charge in [0.2, 0.25) is 0 Å². The number of hydrogen-bond acceptors (Lipinski definition) is 2. The summed E-state index contributed by atoms with van der Waals surface area (Å²) in [5.74, 6) is 1.75. The molecule has 0 saturated carbocycles. The standard InChI is InChI=1S/C20H27NO2/c1-14(2)19-11-17(20(22)10-15(19)3)13-21(4)12-16-6-8-18(23-5)9-7-16/h6-11,14,22H,12-13H2,1-5H3/p+1. The molecule has 0 bridgehead atoms. The zero-order valence-corrected chi connectivity index (χ0v) is 14.8. The molecule has 0 radical (unpaired) electrons. The van der Waals surface area contributed by atoms with Gasteiger partial charge in [0.05, 0.1) is 14.2 Å². The van der Waals surface area contributed by atoms with Crippen molar-refractivity contribution in [1.82, 2.24) is 0 Å². The first-order chi connectivity index (χ1) is 10.9. The van der Waals surface area contributed by atoms with Crippen LogP contribution >= 0.6 is 0 Å². The van der Waals surface area contributed by atoms with Gasteiger partial charge >= 0.3 is 0 Å². The van der Waals surface area contributed by atoms with Gasteiger partial charge in [0.15, 0.2) is 0 Å². The maximum absolute atomic E-state index is 10.3. The molecule has 2 aromatic carbocycles. The van der Waals surface area contributed by atoms with E-state index in [1.54, 1.807) is 7.11 Å². The zero-order valence-electron chi connectivity index (χ0n) is 14.8. The van der Waals surface area contributed by atoms with Crippen molar-refractivity contribution in [1.29, 1.82) is 0 Å². The quantitative estimate of drug-likeness (QED) is 0.859. The van der Waals surface area contributed by atoms with E-state index in [4.69, 9.17) is 4.74 Å². The fourth-order valence-electron chi connectivity index (χ4n) is 3.00. The first kappa shape index (κ1) is 17.4. The number of quaternary nitrogens is 1. The summed E-state index contributed by atoms with van der Waals surface area (Å²) < 4.78 is 5.19. The summed E-state index contributed by atoms with van der Waals surface area (Å²) in [5.41, 5.74) is 4.76. The Morgan fingerprint density at radius 3 is 2.30 bits per heavy atom. The van der Waals surface area contributed by atoms with Gasteiger partial charge in [-0.2, -0.15) is 0 Å². The topological polar surface area (TPSA) is 33.9 Å². The van der Waals surface area contributed by atoms with Crippen molar-refractivity contribution < 1.29 is 14.7 Å². The molecule has 3 heteroatoms. The minimum Gasteiger partial charge on any atom is -0.507 e. The third-order valence-electron chi connectivity index (χ3n) is 4.25. The fraction of sp³-hybridized carbons (Fsp3) is 0.400. The largest absolute Gasteiger partial charge is 0.507 e. The number of methoxy groups -OCH3 is 1. The van der Waals surface area contributed by atoms with Crippen LogP contribution in [-0.4, -0.2) is 19.3 Å². The number of phenols is 1. The Morgan fingerprint density at radius 1 is 1.09 bits per heavy atom. The lowest BCUT2D eigenvalue weighted by molar-refractivity contribution is -0.907. The van der Waals surface area contributed by atoms with Gasteiger partial charge in [-0.25, -0.2) is 0 Å². The minimum atomic E-state index is 0.404. The lowest BCUT2D eigenvalue weighted by Crippen LogP contribution is -3.06. The first-order valence-corrected chi connectivity index (χ1v) is 8.17. The molecule has 0 fully saturated rings. The third kappa shape index (κ3) is 4.49. The number of benzene rings is 2. The highest BCUT2D eigenvalue weighted by Crippen LogP contribution is 2.26. The van der Waals surface area contributed by atoms with E-state index in [1.807, 2.05) is 18.2 Å². The molecule has 0 spiro atoms. The normalized spacial score (nSPS) is 12.4. The van der Waals surface area contributed by atoms with Crippen molar-refractivity contribution in [3.05, 3.63) is 58.7 Å². The molecule has 0 aliphatic rings. The number of aryl methyl sites for hydroxylation is 1. The van der Waals surface area contributed by atoms with Crippen molar-refractivity contribution in [3.63, 3.8) is 0 Å². The molecule has 0 aliphatic carbocycles. The van der Waals surface area contributed by atoms with Gasteiger partial charge < -0.3 is 14.7 Å². The highest BCUT2D eigenvalue weighted by atomic mass is 16.5. The molecule has 0 aromatic heterocycles. The van der Waals surface area contributed by atoms with Crippen molar-refractivity contribution in [3.8, 4) is 11.5 Å². The lowest BCUT2D eigenvalue weighted by atomic mass is 9.95. The van der Waals surface area contributed by atoms with Crippen LogP contribution in [-0.2, 0) is 13.1 Å². The van der Waals surface area contributed by atoms with Crippen molar-refractivity contribution in [2.75, 3.05) is 14.2 Å². The summed E-state index contributed by atoms with van der Waals surface area (Å²) in [6.45, 7) is 8.16. The average Bonchev–Trinajstić information content (AvgIpc) is 2.50. The number of ether oxygens (including phenoxy) is 1. The van der Waals surface area contributed by atoms with Gasteiger partial charge in [0.1, 0.15) is 24.6 Å². The molecule has 0 saturated heterocycles. The van der Waals surface area contributed by atoms with Gasteiger partial charge in [-0.1, -0.05) is 13.8 Å². The Kier molecular flexibility index (Phi) is 5.67. The summed E-state index contributed by atoms with van der Waals surface area (Å²) in [7, 11) is 3.83. The van der Waals surface area contributed by atoms with Crippen LogP contribution in [0.25, 0.3) is 0 Å². The summed E-state index contributed by atoms with van der Waals surface area (Å²) >= 11 is 0. The SMILES string of the molecule is COc1ccc(C[NH+](C)Cc2cc(C(C)C)c(C)cc2O)cc1. The second-order valence-electron chi connectivity index (χ2n) is 6.65. The molecular weight excluding hydrogens is 286 g/mol. The van der Waals surface area contributed by atoms with Crippen LogP contribution in [0.3, 0.4) is 0 Å². The average molecular weight is 314 g/mol. The summed E-state index contributed by atoms with van der Waals surface area (Å²) in [6.07, 6.45) is 0. The van der Waals surface area contributed by atoms with Crippen LogP contribution < -0.4 is 9.64 Å². The number of aromatic hydroxyl groups is 1. The number of nitrogens with one attached hydrogen (secondary N) is 1. The summed E-state index contributed by atoms with van der Waals surface area (Å²) in [5, 5.41) is 10.3. The van der Waals surface area contributed by atoms with E-state index in [0.717, 1.165) is 30.0 Å². The Balaban J connectivity index is 2.09. The minimum absolute atomic E-state index is 0.404. The number of rotatable bonds is 6. The first-order valence-electron chi connectivity index (χ1n) is 8.17. The summed E-state index contributed by atoms with van der Waals surface area (Å²) in [4.78, 5) is 1.34. The fourth-order valence-corrected chi connectivity index (χ4v) is 3.00. The molecule has 1 unspecified atom stereocenters. The molecule has 1 atom stereocenters. The van der Waals surface area contributed by atoms with Gasteiger partial charge in [-0.3, -0.25) is 0 Å². The molecule has 0 heterocycles. The molecule has 3 nitrogen and oxygen atoms in total. The monoisotopic (exact) mass is 314 g/mol. The Hall–Kier alpha value is -2.00. The molecule has 23 heavy (non-hydrogen) atoms. The molecule has 0 amide bonds. The van der Waals surface area contributed by atoms with E-state index in [9.17, 15) is 5.11 Å². The molecule has 2 rings (SSSR count). The maximum atomic E-state index is 10.3. The van der Waals surface area contributed by atoms with Crippen molar-refractivity contribution in [2.24, 2.45) is 0 Å². The van der Waals surface area contributed by atoms with E-state index in [0.29, 0.717) is 11.7 Å². The Bertz CT molecular complexity index is 647. The van der Waals surface area contributed by atoms with Crippen LogP contribution in [0.4, 0.5) is 0 Å². The predicted molar refractivity (Wildman–Crippen MR) is 94.2 cm³/mol. The lowest BCUT2D eigenvalue weighted by Gasteiger charge is -2.18. The molecule has 124 valence electrons. The van der Waals surface area contributed by atoms with Gasteiger partial charge in [0, 0.05) is 11.1 Å². The second kappa shape index (κ2) is 7.51. The Morgan fingerprint density at radius 2 is 1.74 bits per heavy atom. The van der Waals surface area contributed by atoms with E-state index >= 15 is 0 Å². The Labute approximate surface area is 139 Å². The van der Waals surface area contributed by atoms with Gasteiger partial charge in [-0.15, -0.1) is 0 Å². The van der Waals surface area contributed by atoms with Gasteiger partial charge in [-0.05, 0) is 60.4 Å². The van der Waals surface area contributed by atoms with E-state index in [-0.39, 0.29) is 0 Å². The number of phenolic OH excluding ortho intramolecular Hbond substituents is 1. The summed E-state index contributed by atoms with van der Waals surface area (Å²) in [6, 6.07) is 12.2. The van der Waals surface area contributed by atoms with E-state index in [2.05, 4.69) is 46.0 Å². The van der Waals surface area contributed by atoms with Crippen LogP contribution in [0, 0.1) is 6.92 Å². The molecular formula is C20H28NO2+. The highest BCUT2D eigenvalue weighted by molar-refractivity contribution is 5.42. The predicted octanol–water partition coefficient (Wildman–Crippen LogP) is 3.05. The smallest absolute Gasteiger partial charge is 0.124 e. The van der Waals surface area contributed by atoms with Crippen LogP contribution in [0.15, 0.2) is 36.4 Å². The molecule has 2 aromatic rings. The van der Waals surface area contributed by atoms with Crippen LogP contribution in [0.1, 0.15) is 42.0 Å². The molecule has 2 N–H and O–H groups in total. The number of hydrogen-bond donors (Lipinski definition) is 2. The zero-order chi connectivity index (χ0) is 17.0. The van der Waals surface area contributed by atoms with Crippen molar-refractivity contribution >= 4 is 0 Å². The van der Waals surface area contributed by atoms with E-state index in [1.165, 1.54) is 16.0 Å². The van der Waals surface area contributed by atoms with Crippen LogP contribution in [0.2, 0.25) is 0 Å². The molecule has 0 aliphatic heterocycles. The maximum Gasteiger partial charge on any atom is 0.124 e.